The Bertz CT molecular complexity index is 1080. The van der Waals surface area contributed by atoms with Crippen molar-refractivity contribution >= 4 is 5.91 Å². The second-order valence-corrected chi connectivity index (χ2v) is 7.06. The van der Waals surface area contributed by atoms with Crippen molar-refractivity contribution in [2.45, 2.75) is 12.6 Å². The molecule has 7 heteroatoms. The normalized spacial score (nSPS) is 16.3. The highest BCUT2D eigenvalue weighted by atomic mass is 16.5. The van der Waals surface area contributed by atoms with Crippen LogP contribution in [-0.2, 0) is 16.1 Å². The minimum absolute atomic E-state index is 0.113. The fraction of sp³-hybridized carbons (Fsp3) is 0.261. The van der Waals surface area contributed by atoms with E-state index in [1.54, 1.807) is 18.1 Å². The van der Waals surface area contributed by atoms with Gasteiger partial charge >= 0.3 is 0 Å². The van der Waals surface area contributed by atoms with Gasteiger partial charge in [0.05, 0.1) is 26.0 Å². The Morgan fingerprint density at radius 3 is 2.77 bits per heavy atom. The van der Waals surface area contributed by atoms with Gasteiger partial charge in [0, 0.05) is 18.2 Å². The fourth-order valence-electron chi connectivity index (χ4n) is 3.47. The molecule has 1 aliphatic rings. The van der Waals surface area contributed by atoms with Crippen LogP contribution in [0.1, 0.15) is 11.7 Å². The molecule has 7 nitrogen and oxygen atoms in total. The number of amides is 1. The summed E-state index contributed by atoms with van der Waals surface area (Å²) in [6.45, 7) is 1.29. The molecule has 0 aliphatic carbocycles. The maximum Gasteiger partial charge on any atom is 0.267 e. The average molecular weight is 405 g/mol. The summed E-state index contributed by atoms with van der Waals surface area (Å²) in [7, 11) is 1.59. The predicted molar refractivity (Wildman–Crippen MR) is 112 cm³/mol. The van der Waals surface area contributed by atoms with E-state index in [0.717, 1.165) is 11.1 Å². The second kappa shape index (κ2) is 8.92. The molecule has 0 spiro atoms. The lowest BCUT2D eigenvalue weighted by atomic mass is 10.1. The Morgan fingerprint density at radius 2 is 1.97 bits per heavy atom. The SMILES string of the molecule is COc1cccc(-c2ccc(=O)n(CC(=O)N3CCO[C@H](c4ccccc4)C3)n2)c1. The van der Waals surface area contributed by atoms with Crippen molar-refractivity contribution in [3.05, 3.63) is 82.6 Å². The number of benzene rings is 2. The van der Waals surface area contributed by atoms with Crippen molar-refractivity contribution in [3.8, 4) is 17.0 Å². The van der Waals surface area contributed by atoms with Crippen molar-refractivity contribution in [1.82, 2.24) is 14.7 Å². The number of nitrogens with zero attached hydrogens (tertiary/aromatic N) is 3. The molecular weight excluding hydrogens is 382 g/mol. The van der Waals surface area contributed by atoms with Crippen LogP contribution < -0.4 is 10.3 Å². The molecule has 1 saturated heterocycles. The van der Waals surface area contributed by atoms with E-state index in [1.165, 1.54) is 10.7 Å². The number of carbonyl (C=O) groups is 1. The molecule has 0 unspecified atom stereocenters. The summed E-state index contributed by atoms with van der Waals surface area (Å²) in [5.41, 5.74) is 2.13. The third-order valence-electron chi connectivity index (χ3n) is 5.11. The molecule has 0 saturated carbocycles. The quantitative estimate of drug-likeness (QED) is 0.652. The number of hydrogen-bond donors (Lipinski definition) is 0. The van der Waals surface area contributed by atoms with E-state index in [0.29, 0.717) is 31.1 Å². The standard InChI is InChI=1S/C23H23N3O4/c1-29-19-9-5-8-18(14-19)20-10-11-22(27)26(24-20)16-23(28)25-12-13-30-21(15-25)17-6-3-2-4-7-17/h2-11,14,21H,12-13,15-16H2,1H3/t21-/m0/s1. The molecule has 1 aliphatic heterocycles. The van der Waals surface area contributed by atoms with Gasteiger partial charge in [0.1, 0.15) is 18.4 Å². The van der Waals surface area contributed by atoms with Gasteiger partial charge in [-0.2, -0.15) is 5.10 Å². The molecule has 4 rings (SSSR count). The van der Waals surface area contributed by atoms with Gasteiger partial charge in [-0.1, -0.05) is 42.5 Å². The summed E-state index contributed by atoms with van der Waals surface area (Å²) < 4.78 is 12.3. The zero-order valence-corrected chi connectivity index (χ0v) is 16.7. The number of carbonyl (C=O) groups excluding carboxylic acids is 1. The predicted octanol–water partition coefficient (Wildman–Crippen LogP) is 2.52. The Hall–Kier alpha value is -3.45. The van der Waals surface area contributed by atoms with Crippen molar-refractivity contribution in [1.29, 1.82) is 0 Å². The van der Waals surface area contributed by atoms with E-state index in [9.17, 15) is 9.59 Å². The lowest BCUT2D eigenvalue weighted by molar-refractivity contribution is -0.139. The first-order chi connectivity index (χ1) is 14.6. The highest BCUT2D eigenvalue weighted by Gasteiger charge is 2.25. The average Bonchev–Trinajstić information content (AvgIpc) is 2.81. The fourth-order valence-corrected chi connectivity index (χ4v) is 3.47. The maximum atomic E-state index is 12.9. The molecule has 1 aromatic heterocycles. The molecule has 2 heterocycles. The van der Waals surface area contributed by atoms with E-state index in [2.05, 4.69) is 5.10 Å². The molecule has 3 aromatic rings. The smallest absolute Gasteiger partial charge is 0.267 e. The van der Waals surface area contributed by atoms with Crippen molar-refractivity contribution in [2.75, 3.05) is 26.8 Å². The van der Waals surface area contributed by atoms with Crippen molar-refractivity contribution in [2.24, 2.45) is 0 Å². The summed E-state index contributed by atoms with van der Waals surface area (Å²) in [6, 6.07) is 20.3. The van der Waals surface area contributed by atoms with Crippen molar-refractivity contribution in [3.63, 3.8) is 0 Å². The van der Waals surface area contributed by atoms with E-state index in [-0.39, 0.29) is 24.1 Å². The highest BCUT2D eigenvalue weighted by Crippen LogP contribution is 2.23. The number of ether oxygens (including phenoxy) is 2. The highest BCUT2D eigenvalue weighted by molar-refractivity contribution is 5.76. The summed E-state index contributed by atoms with van der Waals surface area (Å²) in [5, 5.41) is 4.40. The van der Waals surface area contributed by atoms with Crippen LogP contribution in [0.4, 0.5) is 0 Å². The van der Waals surface area contributed by atoms with Gasteiger partial charge in [0.25, 0.3) is 5.56 Å². The first-order valence-corrected chi connectivity index (χ1v) is 9.81. The summed E-state index contributed by atoms with van der Waals surface area (Å²) in [4.78, 5) is 26.9. The second-order valence-electron chi connectivity index (χ2n) is 7.06. The Labute approximate surface area is 174 Å². The van der Waals surface area contributed by atoms with E-state index >= 15 is 0 Å². The molecule has 0 N–H and O–H groups in total. The Kier molecular flexibility index (Phi) is 5.90. The molecular formula is C23H23N3O4. The van der Waals surface area contributed by atoms with Gasteiger partial charge in [-0.05, 0) is 23.8 Å². The van der Waals surface area contributed by atoms with Gasteiger partial charge in [0.15, 0.2) is 0 Å². The zero-order chi connectivity index (χ0) is 20.9. The van der Waals surface area contributed by atoms with Crippen LogP contribution in [-0.4, -0.2) is 47.4 Å². The molecule has 1 amide bonds. The summed E-state index contributed by atoms with van der Waals surface area (Å²) >= 11 is 0. The van der Waals surface area contributed by atoms with E-state index < -0.39 is 0 Å². The number of rotatable bonds is 5. The molecule has 2 aromatic carbocycles. The van der Waals surface area contributed by atoms with Crippen LogP contribution in [0, 0.1) is 0 Å². The third kappa shape index (κ3) is 4.41. The lowest BCUT2D eigenvalue weighted by Crippen LogP contribution is -2.44. The largest absolute Gasteiger partial charge is 0.497 e. The minimum Gasteiger partial charge on any atom is -0.497 e. The van der Waals surface area contributed by atoms with Gasteiger partial charge in [-0.15, -0.1) is 0 Å². The van der Waals surface area contributed by atoms with Gasteiger partial charge in [-0.3, -0.25) is 9.59 Å². The Balaban J connectivity index is 1.51. The summed E-state index contributed by atoms with van der Waals surface area (Å²) in [6.07, 6.45) is -0.170. The van der Waals surface area contributed by atoms with E-state index in [1.807, 2.05) is 54.6 Å². The Morgan fingerprint density at radius 1 is 1.13 bits per heavy atom. The van der Waals surface area contributed by atoms with Crippen LogP contribution in [0.3, 0.4) is 0 Å². The van der Waals surface area contributed by atoms with Crippen LogP contribution in [0.5, 0.6) is 5.75 Å². The zero-order valence-electron chi connectivity index (χ0n) is 16.7. The maximum absolute atomic E-state index is 12.9. The molecule has 154 valence electrons. The van der Waals surface area contributed by atoms with Crippen LogP contribution in [0.15, 0.2) is 71.5 Å². The third-order valence-corrected chi connectivity index (χ3v) is 5.11. The van der Waals surface area contributed by atoms with Crippen LogP contribution >= 0.6 is 0 Å². The van der Waals surface area contributed by atoms with Crippen molar-refractivity contribution < 1.29 is 14.3 Å². The molecule has 30 heavy (non-hydrogen) atoms. The van der Waals surface area contributed by atoms with Crippen LogP contribution in [0.25, 0.3) is 11.3 Å². The minimum atomic E-state index is -0.317. The molecule has 1 fully saturated rings. The first kappa shape index (κ1) is 19.8. The topological polar surface area (TPSA) is 73.7 Å². The van der Waals surface area contributed by atoms with Gasteiger partial charge < -0.3 is 14.4 Å². The number of hydrogen-bond acceptors (Lipinski definition) is 5. The monoisotopic (exact) mass is 405 g/mol. The summed E-state index contributed by atoms with van der Waals surface area (Å²) in [5.74, 6) is 0.542. The van der Waals surface area contributed by atoms with Crippen LogP contribution in [0.2, 0.25) is 0 Å². The first-order valence-electron chi connectivity index (χ1n) is 9.81. The van der Waals surface area contributed by atoms with E-state index in [4.69, 9.17) is 9.47 Å². The number of morpholine rings is 1. The molecule has 0 radical (unpaired) electrons. The van der Waals surface area contributed by atoms with Gasteiger partial charge in [0.2, 0.25) is 5.91 Å². The molecule has 1 atom stereocenters. The molecule has 0 bridgehead atoms. The lowest BCUT2D eigenvalue weighted by Gasteiger charge is -2.33. The number of aromatic nitrogens is 2. The van der Waals surface area contributed by atoms with Gasteiger partial charge in [-0.25, -0.2) is 4.68 Å². The number of methoxy groups -OCH3 is 1.